The molecule has 0 bridgehead atoms. The molecule has 27 heavy (non-hydrogen) atoms. The number of aryl methyl sites for hydroxylation is 2. The van der Waals surface area contributed by atoms with Crippen molar-refractivity contribution < 1.29 is 0 Å². The summed E-state index contributed by atoms with van der Waals surface area (Å²) in [6, 6.07) is 8.73. The molecule has 0 radical (unpaired) electrons. The SMILES string of the molecule is CCCCn1nnnc1C(NCC1CCCC(CN)C1)c1ccc(C)cc1. The number of nitrogens with one attached hydrogen (secondary N) is 1. The minimum absolute atomic E-state index is 0.0238. The molecule has 0 amide bonds. The molecule has 148 valence electrons. The van der Waals surface area contributed by atoms with E-state index in [0.717, 1.165) is 38.3 Å². The van der Waals surface area contributed by atoms with Gasteiger partial charge in [-0.25, -0.2) is 4.68 Å². The van der Waals surface area contributed by atoms with Crippen LogP contribution in [0, 0.1) is 18.8 Å². The third-order valence-corrected chi connectivity index (χ3v) is 5.79. The zero-order valence-corrected chi connectivity index (χ0v) is 16.8. The van der Waals surface area contributed by atoms with Gasteiger partial charge in [-0.2, -0.15) is 0 Å². The average molecular weight is 371 g/mol. The maximum absolute atomic E-state index is 5.92. The van der Waals surface area contributed by atoms with Gasteiger partial charge in [0.2, 0.25) is 0 Å². The first-order chi connectivity index (χ1) is 13.2. The van der Waals surface area contributed by atoms with Crippen molar-refractivity contribution >= 4 is 0 Å². The first-order valence-electron chi connectivity index (χ1n) is 10.5. The predicted molar refractivity (Wildman–Crippen MR) is 108 cm³/mol. The maximum atomic E-state index is 5.92. The van der Waals surface area contributed by atoms with Crippen molar-refractivity contribution in [1.82, 2.24) is 25.5 Å². The Bertz CT molecular complexity index is 680. The summed E-state index contributed by atoms with van der Waals surface area (Å²) in [4.78, 5) is 0. The van der Waals surface area contributed by atoms with E-state index >= 15 is 0 Å². The molecule has 3 atom stereocenters. The lowest BCUT2D eigenvalue weighted by Gasteiger charge is -2.30. The highest BCUT2D eigenvalue weighted by molar-refractivity contribution is 5.28. The predicted octanol–water partition coefficient (Wildman–Crippen LogP) is 3.23. The molecular weight excluding hydrogens is 336 g/mol. The van der Waals surface area contributed by atoms with Crippen molar-refractivity contribution in [3.8, 4) is 0 Å². The lowest BCUT2D eigenvalue weighted by atomic mass is 9.81. The van der Waals surface area contributed by atoms with Crippen molar-refractivity contribution in [2.24, 2.45) is 17.6 Å². The van der Waals surface area contributed by atoms with Crippen LogP contribution in [-0.2, 0) is 6.54 Å². The minimum atomic E-state index is 0.0238. The van der Waals surface area contributed by atoms with Gasteiger partial charge in [0, 0.05) is 6.54 Å². The molecule has 0 aliphatic heterocycles. The molecule has 0 saturated heterocycles. The summed E-state index contributed by atoms with van der Waals surface area (Å²) in [6.07, 6.45) is 7.29. The molecule has 3 rings (SSSR count). The number of unbranched alkanes of at least 4 members (excludes halogenated alkanes) is 1. The lowest BCUT2D eigenvalue weighted by Crippen LogP contribution is -2.33. The van der Waals surface area contributed by atoms with Crippen LogP contribution in [0.15, 0.2) is 24.3 Å². The van der Waals surface area contributed by atoms with Crippen molar-refractivity contribution in [3.63, 3.8) is 0 Å². The first kappa shape index (κ1) is 20.0. The van der Waals surface area contributed by atoms with Crippen LogP contribution < -0.4 is 11.1 Å². The monoisotopic (exact) mass is 370 g/mol. The van der Waals surface area contributed by atoms with Gasteiger partial charge in [0.25, 0.3) is 0 Å². The Morgan fingerprint density at radius 3 is 2.74 bits per heavy atom. The summed E-state index contributed by atoms with van der Waals surface area (Å²) in [6.45, 7) is 6.97. The van der Waals surface area contributed by atoms with E-state index in [0.29, 0.717) is 11.8 Å². The molecule has 1 saturated carbocycles. The van der Waals surface area contributed by atoms with Gasteiger partial charge in [-0.15, -0.1) is 5.10 Å². The Kier molecular flexibility index (Phi) is 7.35. The zero-order valence-electron chi connectivity index (χ0n) is 16.8. The lowest BCUT2D eigenvalue weighted by molar-refractivity contribution is 0.259. The summed E-state index contributed by atoms with van der Waals surface area (Å²) in [7, 11) is 0. The molecule has 3 unspecified atom stereocenters. The van der Waals surface area contributed by atoms with Gasteiger partial charge in [0.15, 0.2) is 5.82 Å². The van der Waals surface area contributed by atoms with Crippen molar-refractivity contribution in [3.05, 3.63) is 41.2 Å². The highest BCUT2D eigenvalue weighted by Crippen LogP contribution is 2.29. The van der Waals surface area contributed by atoms with Crippen molar-refractivity contribution in [2.45, 2.75) is 65.0 Å². The van der Waals surface area contributed by atoms with Crippen LogP contribution in [0.5, 0.6) is 0 Å². The van der Waals surface area contributed by atoms with Crippen LogP contribution in [0.4, 0.5) is 0 Å². The first-order valence-corrected chi connectivity index (χ1v) is 10.5. The summed E-state index contributed by atoms with van der Waals surface area (Å²) in [5.74, 6) is 2.27. The van der Waals surface area contributed by atoms with E-state index in [4.69, 9.17) is 5.73 Å². The van der Waals surface area contributed by atoms with E-state index in [9.17, 15) is 0 Å². The molecule has 6 heteroatoms. The summed E-state index contributed by atoms with van der Waals surface area (Å²) < 4.78 is 1.96. The number of rotatable bonds is 9. The van der Waals surface area contributed by atoms with E-state index < -0.39 is 0 Å². The van der Waals surface area contributed by atoms with E-state index in [-0.39, 0.29) is 6.04 Å². The normalized spacial score (nSPS) is 21.3. The molecule has 1 aromatic heterocycles. The van der Waals surface area contributed by atoms with Crippen LogP contribution in [0.25, 0.3) is 0 Å². The minimum Gasteiger partial charge on any atom is -0.330 e. The van der Waals surface area contributed by atoms with Crippen molar-refractivity contribution in [2.75, 3.05) is 13.1 Å². The summed E-state index contributed by atoms with van der Waals surface area (Å²) >= 11 is 0. The number of nitrogens with two attached hydrogens (primary N) is 1. The summed E-state index contributed by atoms with van der Waals surface area (Å²) in [5.41, 5.74) is 8.41. The van der Waals surface area contributed by atoms with Crippen LogP contribution in [0.2, 0.25) is 0 Å². The van der Waals surface area contributed by atoms with Gasteiger partial charge in [-0.3, -0.25) is 0 Å². The van der Waals surface area contributed by atoms with Crippen LogP contribution in [0.3, 0.4) is 0 Å². The van der Waals surface area contributed by atoms with Gasteiger partial charge in [-0.05, 0) is 73.5 Å². The molecule has 1 aliphatic rings. The molecule has 2 aromatic rings. The molecule has 1 fully saturated rings. The Hall–Kier alpha value is -1.79. The van der Waals surface area contributed by atoms with Crippen LogP contribution in [-0.4, -0.2) is 33.3 Å². The highest BCUT2D eigenvalue weighted by atomic mass is 15.5. The molecule has 3 N–H and O–H groups in total. The Morgan fingerprint density at radius 2 is 2.00 bits per heavy atom. The molecule has 1 aromatic carbocycles. The second-order valence-corrected chi connectivity index (χ2v) is 8.00. The number of hydrogen-bond donors (Lipinski definition) is 2. The third kappa shape index (κ3) is 5.36. The highest BCUT2D eigenvalue weighted by Gasteiger charge is 2.25. The molecule has 0 spiro atoms. The zero-order chi connectivity index (χ0) is 19.1. The number of aromatic nitrogens is 4. The van der Waals surface area contributed by atoms with E-state index in [1.165, 1.54) is 36.8 Å². The van der Waals surface area contributed by atoms with Gasteiger partial charge >= 0.3 is 0 Å². The van der Waals surface area contributed by atoms with E-state index in [1.54, 1.807) is 0 Å². The summed E-state index contributed by atoms with van der Waals surface area (Å²) in [5, 5.41) is 16.4. The Balaban J connectivity index is 1.76. The molecule has 6 nitrogen and oxygen atoms in total. The average Bonchev–Trinajstić information content (AvgIpc) is 3.16. The second-order valence-electron chi connectivity index (χ2n) is 8.00. The standard InChI is InChI=1S/C21H34N6/c1-3-4-12-27-21(24-25-26-27)20(19-10-8-16(2)9-11-19)23-15-18-7-5-6-17(13-18)14-22/h8-11,17-18,20,23H,3-7,12-15,22H2,1-2H3. The Morgan fingerprint density at radius 1 is 1.22 bits per heavy atom. The number of hydrogen-bond acceptors (Lipinski definition) is 5. The van der Waals surface area contributed by atoms with Crippen LogP contribution in [0.1, 0.15) is 68.4 Å². The van der Waals surface area contributed by atoms with Crippen molar-refractivity contribution in [1.29, 1.82) is 0 Å². The molecule has 1 aliphatic carbocycles. The fraction of sp³-hybridized carbons (Fsp3) is 0.667. The maximum Gasteiger partial charge on any atom is 0.172 e. The fourth-order valence-electron chi connectivity index (χ4n) is 4.09. The number of tetrazole rings is 1. The quantitative estimate of drug-likeness (QED) is 0.708. The van der Waals surface area contributed by atoms with Gasteiger partial charge in [0.1, 0.15) is 0 Å². The van der Waals surface area contributed by atoms with Gasteiger partial charge < -0.3 is 11.1 Å². The van der Waals surface area contributed by atoms with Crippen LogP contribution >= 0.6 is 0 Å². The molecular formula is C21H34N6. The molecule has 1 heterocycles. The Labute approximate surface area is 162 Å². The fourth-order valence-corrected chi connectivity index (χ4v) is 4.09. The van der Waals surface area contributed by atoms with E-state index in [1.807, 2.05) is 4.68 Å². The number of nitrogens with zero attached hydrogens (tertiary/aromatic N) is 4. The van der Waals surface area contributed by atoms with E-state index in [2.05, 4.69) is 59.0 Å². The number of benzene rings is 1. The largest absolute Gasteiger partial charge is 0.330 e. The van der Waals surface area contributed by atoms with Gasteiger partial charge in [-0.1, -0.05) is 49.6 Å². The topological polar surface area (TPSA) is 81.7 Å². The van der Waals surface area contributed by atoms with Gasteiger partial charge in [0.05, 0.1) is 6.04 Å². The second kappa shape index (κ2) is 9.95. The third-order valence-electron chi connectivity index (χ3n) is 5.79. The smallest absolute Gasteiger partial charge is 0.172 e.